The van der Waals surface area contributed by atoms with E-state index in [-0.39, 0.29) is 11.9 Å². The SMILES string of the molecule is CC(C)COC(=O)C(C)(C)CC(C)C(=O)O. The number of hydrogen-bond acceptors (Lipinski definition) is 3. The summed E-state index contributed by atoms with van der Waals surface area (Å²) >= 11 is 0. The van der Waals surface area contributed by atoms with Crippen molar-refractivity contribution >= 4 is 11.9 Å². The smallest absolute Gasteiger partial charge is 0.311 e. The van der Waals surface area contributed by atoms with Crippen molar-refractivity contribution in [1.29, 1.82) is 0 Å². The van der Waals surface area contributed by atoms with Crippen molar-refractivity contribution in [2.75, 3.05) is 6.61 Å². The van der Waals surface area contributed by atoms with Gasteiger partial charge in [0.25, 0.3) is 0 Å². The van der Waals surface area contributed by atoms with Gasteiger partial charge < -0.3 is 9.84 Å². The first-order valence-corrected chi connectivity index (χ1v) is 5.57. The van der Waals surface area contributed by atoms with Gasteiger partial charge in [0.2, 0.25) is 0 Å². The van der Waals surface area contributed by atoms with Gasteiger partial charge in [-0.25, -0.2) is 0 Å². The molecule has 0 radical (unpaired) electrons. The predicted octanol–water partition coefficient (Wildman–Crippen LogP) is 2.32. The maximum absolute atomic E-state index is 11.7. The Morgan fingerprint density at radius 1 is 1.25 bits per heavy atom. The minimum atomic E-state index is -0.885. The molecular formula is C12H22O4. The van der Waals surface area contributed by atoms with Gasteiger partial charge in [-0.05, 0) is 26.2 Å². The maximum Gasteiger partial charge on any atom is 0.311 e. The van der Waals surface area contributed by atoms with Crippen LogP contribution in [-0.2, 0) is 14.3 Å². The lowest BCUT2D eigenvalue weighted by Crippen LogP contribution is -2.31. The van der Waals surface area contributed by atoms with E-state index >= 15 is 0 Å². The van der Waals surface area contributed by atoms with E-state index in [1.54, 1.807) is 20.8 Å². The Morgan fingerprint density at radius 3 is 2.12 bits per heavy atom. The standard InChI is InChI=1S/C12H22O4/c1-8(2)7-16-11(15)12(4,5)6-9(3)10(13)14/h8-9H,6-7H2,1-5H3,(H,13,14). The first kappa shape index (κ1) is 14.9. The molecule has 1 atom stereocenters. The number of ether oxygens (including phenoxy) is 1. The third kappa shape index (κ3) is 5.14. The van der Waals surface area contributed by atoms with Crippen LogP contribution in [0.5, 0.6) is 0 Å². The second-order valence-corrected chi connectivity index (χ2v) is 5.32. The largest absolute Gasteiger partial charge is 0.481 e. The topological polar surface area (TPSA) is 63.6 Å². The third-order valence-electron chi connectivity index (χ3n) is 2.34. The number of hydrogen-bond donors (Lipinski definition) is 1. The first-order valence-electron chi connectivity index (χ1n) is 5.57. The Labute approximate surface area is 97.0 Å². The third-order valence-corrected chi connectivity index (χ3v) is 2.34. The van der Waals surface area contributed by atoms with E-state index in [2.05, 4.69) is 0 Å². The van der Waals surface area contributed by atoms with E-state index in [9.17, 15) is 9.59 Å². The lowest BCUT2D eigenvalue weighted by molar-refractivity contribution is -0.157. The van der Waals surface area contributed by atoms with E-state index in [1.807, 2.05) is 13.8 Å². The normalized spacial score (nSPS) is 13.6. The van der Waals surface area contributed by atoms with Crippen molar-refractivity contribution in [3.05, 3.63) is 0 Å². The minimum Gasteiger partial charge on any atom is -0.481 e. The highest BCUT2D eigenvalue weighted by atomic mass is 16.5. The zero-order valence-corrected chi connectivity index (χ0v) is 10.7. The predicted molar refractivity (Wildman–Crippen MR) is 61.0 cm³/mol. The Bertz CT molecular complexity index is 256. The molecule has 1 N–H and O–H groups in total. The average molecular weight is 230 g/mol. The Balaban J connectivity index is 4.30. The number of carbonyl (C=O) groups is 2. The number of esters is 1. The number of carbonyl (C=O) groups excluding carboxylic acids is 1. The lowest BCUT2D eigenvalue weighted by Gasteiger charge is -2.24. The fourth-order valence-corrected chi connectivity index (χ4v) is 1.37. The van der Waals surface area contributed by atoms with Crippen molar-refractivity contribution in [2.45, 2.75) is 41.0 Å². The van der Waals surface area contributed by atoms with Crippen LogP contribution in [0.15, 0.2) is 0 Å². The molecule has 4 heteroatoms. The zero-order chi connectivity index (χ0) is 12.9. The van der Waals surface area contributed by atoms with Gasteiger partial charge in [-0.15, -0.1) is 0 Å². The van der Waals surface area contributed by atoms with E-state index in [1.165, 1.54) is 0 Å². The highest BCUT2D eigenvalue weighted by Crippen LogP contribution is 2.27. The van der Waals surface area contributed by atoms with Crippen molar-refractivity contribution in [3.8, 4) is 0 Å². The second-order valence-electron chi connectivity index (χ2n) is 5.32. The summed E-state index contributed by atoms with van der Waals surface area (Å²) in [6, 6.07) is 0. The summed E-state index contributed by atoms with van der Waals surface area (Å²) in [7, 11) is 0. The Morgan fingerprint density at radius 2 is 1.75 bits per heavy atom. The van der Waals surface area contributed by atoms with Crippen molar-refractivity contribution in [1.82, 2.24) is 0 Å². The van der Waals surface area contributed by atoms with E-state index in [0.29, 0.717) is 13.0 Å². The molecule has 0 spiro atoms. The van der Waals surface area contributed by atoms with Gasteiger partial charge in [0.05, 0.1) is 17.9 Å². The molecule has 4 nitrogen and oxygen atoms in total. The van der Waals surface area contributed by atoms with Crippen LogP contribution in [0, 0.1) is 17.3 Å². The Kier molecular flexibility index (Phi) is 5.48. The molecule has 0 aromatic rings. The van der Waals surface area contributed by atoms with Gasteiger partial charge in [-0.3, -0.25) is 9.59 Å². The minimum absolute atomic E-state index is 0.289. The van der Waals surface area contributed by atoms with E-state index in [4.69, 9.17) is 9.84 Å². The van der Waals surface area contributed by atoms with Gasteiger partial charge in [0, 0.05) is 0 Å². The molecule has 0 fully saturated rings. The van der Waals surface area contributed by atoms with Crippen LogP contribution in [0.3, 0.4) is 0 Å². The number of aliphatic carboxylic acids is 1. The number of rotatable bonds is 6. The Hall–Kier alpha value is -1.06. The first-order chi connectivity index (χ1) is 7.16. The van der Waals surface area contributed by atoms with Crippen molar-refractivity contribution in [2.24, 2.45) is 17.3 Å². The van der Waals surface area contributed by atoms with Gasteiger partial charge in [0.15, 0.2) is 0 Å². The zero-order valence-electron chi connectivity index (χ0n) is 10.7. The van der Waals surface area contributed by atoms with Crippen molar-refractivity contribution in [3.63, 3.8) is 0 Å². The molecular weight excluding hydrogens is 208 g/mol. The van der Waals surface area contributed by atoms with Crippen LogP contribution in [0.1, 0.15) is 41.0 Å². The maximum atomic E-state index is 11.7. The molecule has 0 saturated carbocycles. The molecule has 16 heavy (non-hydrogen) atoms. The summed E-state index contributed by atoms with van der Waals surface area (Å²) in [5.74, 6) is -1.46. The molecule has 0 rings (SSSR count). The van der Waals surface area contributed by atoms with Crippen LogP contribution in [0.4, 0.5) is 0 Å². The summed E-state index contributed by atoms with van der Waals surface area (Å²) < 4.78 is 5.12. The summed E-state index contributed by atoms with van der Waals surface area (Å²) in [6.07, 6.45) is 0.291. The highest BCUT2D eigenvalue weighted by molar-refractivity contribution is 5.77. The lowest BCUT2D eigenvalue weighted by atomic mass is 9.83. The highest BCUT2D eigenvalue weighted by Gasteiger charge is 2.33. The quantitative estimate of drug-likeness (QED) is 0.711. The summed E-state index contributed by atoms with van der Waals surface area (Å²) in [4.78, 5) is 22.4. The molecule has 0 aliphatic heterocycles. The van der Waals surface area contributed by atoms with Crippen LogP contribution >= 0.6 is 0 Å². The summed E-state index contributed by atoms with van der Waals surface area (Å²) in [6.45, 7) is 9.33. The molecule has 0 amide bonds. The molecule has 1 unspecified atom stereocenters. The van der Waals surface area contributed by atoms with Crippen molar-refractivity contribution < 1.29 is 19.4 Å². The molecule has 0 aliphatic carbocycles. The monoisotopic (exact) mass is 230 g/mol. The fraction of sp³-hybridized carbons (Fsp3) is 0.833. The second kappa shape index (κ2) is 5.87. The van der Waals surface area contributed by atoms with Crippen LogP contribution in [-0.4, -0.2) is 23.7 Å². The van der Waals surface area contributed by atoms with E-state index in [0.717, 1.165) is 0 Å². The average Bonchev–Trinajstić information content (AvgIpc) is 2.12. The molecule has 0 bridgehead atoms. The molecule has 0 saturated heterocycles. The summed E-state index contributed by atoms with van der Waals surface area (Å²) in [5.41, 5.74) is -0.743. The molecule has 0 aromatic heterocycles. The van der Waals surface area contributed by atoms with Gasteiger partial charge in [-0.1, -0.05) is 20.8 Å². The van der Waals surface area contributed by atoms with Crippen LogP contribution in [0.25, 0.3) is 0 Å². The number of carboxylic acids is 1. The van der Waals surface area contributed by atoms with E-state index < -0.39 is 17.3 Å². The van der Waals surface area contributed by atoms with Crippen LogP contribution < -0.4 is 0 Å². The number of carboxylic acid groups (broad SMARTS) is 1. The molecule has 0 aromatic carbocycles. The van der Waals surface area contributed by atoms with Gasteiger partial charge >= 0.3 is 11.9 Å². The molecule has 0 heterocycles. The van der Waals surface area contributed by atoms with Gasteiger partial charge in [0.1, 0.15) is 0 Å². The van der Waals surface area contributed by atoms with Gasteiger partial charge in [-0.2, -0.15) is 0 Å². The molecule has 0 aliphatic rings. The summed E-state index contributed by atoms with van der Waals surface area (Å²) in [5, 5.41) is 8.79. The molecule has 94 valence electrons. The van der Waals surface area contributed by atoms with Crippen LogP contribution in [0.2, 0.25) is 0 Å². The fourth-order valence-electron chi connectivity index (χ4n) is 1.37.